The number of aromatic nitrogens is 3. The maximum Gasteiger partial charge on any atom is 0.258 e. The predicted octanol–water partition coefficient (Wildman–Crippen LogP) is 4.09. The van der Waals surface area contributed by atoms with Crippen LogP contribution in [0.5, 0.6) is 0 Å². The predicted molar refractivity (Wildman–Crippen MR) is 146 cm³/mol. The lowest BCUT2D eigenvalue weighted by Crippen LogP contribution is -2.47. The number of amides is 1. The van der Waals surface area contributed by atoms with Crippen molar-refractivity contribution in [1.29, 1.82) is 0 Å². The summed E-state index contributed by atoms with van der Waals surface area (Å²) in [6.07, 6.45) is 4.02. The van der Waals surface area contributed by atoms with Crippen molar-refractivity contribution in [3.05, 3.63) is 69.4 Å². The smallest absolute Gasteiger partial charge is 0.258 e. The van der Waals surface area contributed by atoms with Gasteiger partial charge in [0.05, 0.1) is 16.4 Å². The summed E-state index contributed by atoms with van der Waals surface area (Å²) in [5, 5.41) is 4.73. The largest absolute Gasteiger partial charge is 0.340 e. The van der Waals surface area contributed by atoms with Gasteiger partial charge in [0.25, 0.3) is 5.56 Å². The summed E-state index contributed by atoms with van der Waals surface area (Å²) < 4.78 is 15.4. The first kappa shape index (κ1) is 24.7. The van der Waals surface area contributed by atoms with E-state index in [0.717, 1.165) is 66.1 Å². The highest BCUT2D eigenvalue weighted by Gasteiger charge is 2.18. The molecule has 2 aromatic carbocycles. The normalized spacial score (nSPS) is 14.8. The Bertz CT molecular complexity index is 1590. The van der Waals surface area contributed by atoms with Crippen LogP contribution in [0.25, 0.3) is 27.9 Å². The molecule has 2 aromatic heterocycles. The number of pyridine rings is 1. The molecule has 1 aliphatic heterocycles. The Labute approximate surface area is 214 Å². The first-order chi connectivity index (χ1) is 17.7. The van der Waals surface area contributed by atoms with E-state index in [9.17, 15) is 14.0 Å². The van der Waals surface area contributed by atoms with Crippen molar-refractivity contribution in [3.63, 3.8) is 0 Å². The van der Waals surface area contributed by atoms with Crippen molar-refractivity contribution >= 4 is 45.4 Å². The Morgan fingerprint density at radius 3 is 2.62 bits per heavy atom. The second-order valence-corrected chi connectivity index (χ2v) is 9.64. The summed E-state index contributed by atoms with van der Waals surface area (Å²) in [6, 6.07) is 8.42. The summed E-state index contributed by atoms with van der Waals surface area (Å²) >= 11 is 0. The molecule has 3 heterocycles. The Balaban J connectivity index is 1.43. The van der Waals surface area contributed by atoms with Gasteiger partial charge in [-0.2, -0.15) is 0 Å². The van der Waals surface area contributed by atoms with Crippen LogP contribution >= 0.6 is 0 Å². The van der Waals surface area contributed by atoms with Crippen molar-refractivity contribution in [2.24, 2.45) is 7.05 Å². The summed E-state index contributed by atoms with van der Waals surface area (Å²) in [4.78, 5) is 36.7. The number of aryl methyl sites for hydroxylation is 3. The van der Waals surface area contributed by atoms with Gasteiger partial charge in [-0.3, -0.25) is 14.5 Å². The molecule has 8 nitrogen and oxygen atoms in total. The van der Waals surface area contributed by atoms with Gasteiger partial charge in [0.2, 0.25) is 11.9 Å². The number of imidazole rings is 1. The van der Waals surface area contributed by atoms with E-state index in [-0.39, 0.29) is 17.3 Å². The molecule has 0 aliphatic carbocycles. The fraction of sp³-hybridized carbons (Fsp3) is 0.321. The zero-order valence-corrected chi connectivity index (χ0v) is 21.6. The van der Waals surface area contributed by atoms with E-state index in [1.807, 2.05) is 48.6 Å². The third kappa shape index (κ3) is 4.74. The third-order valence-electron chi connectivity index (χ3n) is 7.22. The van der Waals surface area contributed by atoms with Crippen LogP contribution in [0.4, 0.5) is 16.0 Å². The van der Waals surface area contributed by atoms with Crippen LogP contribution in [-0.4, -0.2) is 63.0 Å². The summed E-state index contributed by atoms with van der Waals surface area (Å²) in [5.41, 5.74) is 4.56. The van der Waals surface area contributed by atoms with E-state index in [0.29, 0.717) is 16.9 Å². The molecule has 0 bridgehead atoms. The second kappa shape index (κ2) is 9.82. The van der Waals surface area contributed by atoms with Crippen molar-refractivity contribution in [3.8, 4) is 0 Å². The molecule has 1 fully saturated rings. The molecule has 0 radical (unpaired) electrons. The number of carbonyl (C=O) groups is 1. The number of piperazine rings is 1. The number of nitrogens with one attached hydrogen (secondary N) is 2. The van der Waals surface area contributed by atoms with Crippen LogP contribution in [0.1, 0.15) is 23.7 Å². The number of fused-ring (bicyclic) bond motifs is 3. The van der Waals surface area contributed by atoms with Gasteiger partial charge in [0.1, 0.15) is 5.82 Å². The number of H-pyrrole nitrogens is 1. The van der Waals surface area contributed by atoms with E-state index in [4.69, 9.17) is 4.98 Å². The van der Waals surface area contributed by atoms with Crippen LogP contribution in [0.15, 0.2) is 41.2 Å². The Morgan fingerprint density at radius 2 is 1.92 bits per heavy atom. The standard InChI is InChI=1S/C28H31FN6O2/c1-17-16-20(29)7-9-22(17)31-28-32-24-10-8-21-18(2)23(30-27(37)25(21)26(24)33(28)4)6-5-11-34-12-14-35(15-13-34)19(3)36/h5-10,16H,11-15H2,1-4H3,(H,30,37)(H,31,32)/b6-5+. The van der Waals surface area contributed by atoms with Crippen molar-refractivity contribution in [2.45, 2.75) is 20.8 Å². The molecule has 192 valence electrons. The van der Waals surface area contributed by atoms with Gasteiger partial charge in [-0.25, -0.2) is 9.37 Å². The number of nitrogens with zero attached hydrogens (tertiary/aromatic N) is 4. The molecule has 1 saturated heterocycles. The van der Waals surface area contributed by atoms with E-state index >= 15 is 0 Å². The highest BCUT2D eigenvalue weighted by atomic mass is 19.1. The number of aromatic amines is 1. The lowest BCUT2D eigenvalue weighted by Gasteiger charge is -2.33. The van der Waals surface area contributed by atoms with Crippen molar-refractivity contribution < 1.29 is 9.18 Å². The second-order valence-electron chi connectivity index (χ2n) is 9.64. The number of hydrogen-bond donors (Lipinski definition) is 2. The molecule has 9 heteroatoms. The van der Waals surface area contributed by atoms with Gasteiger partial charge in [-0.15, -0.1) is 0 Å². The van der Waals surface area contributed by atoms with Gasteiger partial charge >= 0.3 is 0 Å². The Kier molecular flexibility index (Phi) is 6.55. The molecular weight excluding hydrogens is 471 g/mol. The molecule has 4 aromatic rings. The summed E-state index contributed by atoms with van der Waals surface area (Å²) in [6.45, 7) is 9.36. The highest BCUT2D eigenvalue weighted by Crippen LogP contribution is 2.30. The number of hydrogen-bond acceptors (Lipinski definition) is 5. The number of carbonyl (C=O) groups excluding carboxylic acids is 1. The molecule has 1 aliphatic rings. The third-order valence-corrected chi connectivity index (χ3v) is 7.22. The Hall–Kier alpha value is -3.98. The monoisotopic (exact) mass is 502 g/mol. The maximum absolute atomic E-state index is 13.5. The zero-order valence-electron chi connectivity index (χ0n) is 21.6. The van der Waals surface area contributed by atoms with Crippen LogP contribution < -0.4 is 10.9 Å². The van der Waals surface area contributed by atoms with Gasteiger partial charge in [-0.05, 0) is 60.7 Å². The van der Waals surface area contributed by atoms with E-state index in [1.165, 1.54) is 12.1 Å². The minimum absolute atomic E-state index is 0.121. The highest BCUT2D eigenvalue weighted by molar-refractivity contribution is 6.06. The quantitative estimate of drug-likeness (QED) is 0.429. The molecule has 0 saturated carbocycles. The first-order valence-corrected chi connectivity index (χ1v) is 12.4. The van der Waals surface area contributed by atoms with E-state index in [2.05, 4.69) is 21.3 Å². The molecule has 0 atom stereocenters. The number of rotatable bonds is 5. The number of benzene rings is 2. The molecule has 0 spiro atoms. The van der Waals surface area contributed by atoms with Crippen LogP contribution in [0, 0.1) is 19.7 Å². The molecule has 37 heavy (non-hydrogen) atoms. The topological polar surface area (TPSA) is 86.3 Å². The zero-order chi connectivity index (χ0) is 26.3. The first-order valence-electron chi connectivity index (χ1n) is 12.4. The maximum atomic E-state index is 13.5. The molecular formula is C28H31FN6O2. The minimum Gasteiger partial charge on any atom is -0.340 e. The fourth-order valence-electron chi connectivity index (χ4n) is 5.00. The number of halogens is 1. The van der Waals surface area contributed by atoms with Crippen molar-refractivity contribution in [1.82, 2.24) is 24.3 Å². The average Bonchev–Trinajstić information content (AvgIpc) is 3.19. The molecule has 1 amide bonds. The SMILES string of the molecule is CC(=O)N1CCN(C/C=C/c2[nH]c(=O)c3c(ccc4nc(Nc5ccc(F)cc5C)n(C)c43)c2C)CC1. The van der Waals surface area contributed by atoms with E-state index in [1.54, 1.807) is 13.0 Å². The lowest BCUT2D eigenvalue weighted by atomic mass is 10.0. The molecule has 5 rings (SSSR count). The lowest BCUT2D eigenvalue weighted by molar-refractivity contribution is -0.130. The summed E-state index contributed by atoms with van der Waals surface area (Å²) in [7, 11) is 1.87. The minimum atomic E-state index is -0.290. The van der Waals surface area contributed by atoms with Gasteiger partial charge < -0.3 is 19.8 Å². The average molecular weight is 503 g/mol. The van der Waals surface area contributed by atoms with Crippen LogP contribution in [0.2, 0.25) is 0 Å². The number of anilines is 2. The summed E-state index contributed by atoms with van der Waals surface area (Å²) in [5.74, 6) is 0.403. The van der Waals surface area contributed by atoms with Crippen LogP contribution in [-0.2, 0) is 11.8 Å². The van der Waals surface area contributed by atoms with Crippen molar-refractivity contribution in [2.75, 3.05) is 38.0 Å². The van der Waals surface area contributed by atoms with Gasteiger partial charge in [0.15, 0.2) is 0 Å². The molecule has 2 N–H and O–H groups in total. The molecule has 0 unspecified atom stereocenters. The van der Waals surface area contributed by atoms with E-state index < -0.39 is 0 Å². The Morgan fingerprint density at radius 1 is 1.16 bits per heavy atom. The van der Waals surface area contributed by atoms with Gasteiger partial charge in [-0.1, -0.05) is 12.1 Å². The van der Waals surface area contributed by atoms with Crippen LogP contribution in [0.3, 0.4) is 0 Å². The van der Waals surface area contributed by atoms with Gasteiger partial charge in [0, 0.05) is 58.1 Å². The fourth-order valence-corrected chi connectivity index (χ4v) is 5.00.